The molecule has 0 aromatic heterocycles. The minimum absolute atomic E-state index is 0.0817. The fraction of sp³-hybridized carbons (Fsp3) is 0.304. The van der Waals surface area contributed by atoms with Crippen molar-refractivity contribution in [3.63, 3.8) is 0 Å². The van der Waals surface area contributed by atoms with E-state index >= 15 is 0 Å². The maximum Gasteiger partial charge on any atom is 0.226 e. The van der Waals surface area contributed by atoms with Crippen LogP contribution in [0, 0.1) is 5.92 Å². The number of hydrogen-bond donors (Lipinski definition) is 1. The Hall–Kier alpha value is -2.36. The summed E-state index contributed by atoms with van der Waals surface area (Å²) in [4.78, 5) is 0. The van der Waals surface area contributed by atoms with Crippen LogP contribution < -0.4 is 4.74 Å². The number of ether oxygens (including phenoxy) is 2. The largest absolute Gasteiger partial charge is 0.461 e. The van der Waals surface area contributed by atoms with Crippen LogP contribution in [0.5, 0.6) is 5.75 Å². The summed E-state index contributed by atoms with van der Waals surface area (Å²) in [5.41, 5.74) is 0. The predicted molar refractivity (Wildman–Crippen MR) is 105 cm³/mol. The third kappa shape index (κ3) is 2.35. The highest BCUT2D eigenvalue weighted by Crippen LogP contribution is 2.39. The molecule has 132 valence electrons. The van der Waals surface area contributed by atoms with E-state index in [0.717, 1.165) is 17.6 Å². The molecule has 2 unspecified atom stereocenters. The van der Waals surface area contributed by atoms with Gasteiger partial charge in [-0.15, -0.1) is 0 Å². The number of rotatable bonds is 2. The molecule has 4 aromatic carbocycles. The van der Waals surface area contributed by atoms with Crippen molar-refractivity contribution in [2.45, 2.75) is 38.8 Å². The first kappa shape index (κ1) is 15.9. The van der Waals surface area contributed by atoms with Crippen molar-refractivity contribution >= 4 is 32.3 Å². The van der Waals surface area contributed by atoms with E-state index < -0.39 is 12.4 Å². The molecule has 0 saturated carbocycles. The molecule has 4 aromatic rings. The molecule has 1 aliphatic heterocycles. The predicted octanol–water partition coefficient (Wildman–Crippen LogP) is 5.09. The van der Waals surface area contributed by atoms with E-state index in [0.29, 0.717) is 0 Å². The molecule has 5 rings (SSSR count). The molecule has 3 nitrogen and oxygen atoms in total. The first-order chi connectivity index (χ1) is 12.6. The molecular formula is C23H22O3. The van der Waals surface area contributed by atoms with Crippen LogP contribution in [0.1, 0.15) is 20.3 Å². The Morgan fingerprint density at radius 2 is 1.54 bits per heavy atom. The van der Waals surface area contributed by atoms with Crippen LogP contribution in [0.4, 0.5) is 0 Å². The molecular weight excluding hydrogens is 324 g/mol. The molecule has 0 amide bonds. The van der Waals surface area contributed by atoms with Gasteiger partial charge >= 0.3 is 0 Å². The SMILES string of the molecule is CC1CC(C)[C@@H](O)[C@H](Oc2ccc3ccc4cccc5ccc2c3c45)O1. The lowest BCUT2D eigenvalue weighted by atomic mass is 9.93. The lowest BCUT2D eigenvalue weighted by molar-refractivity contribution is -0.214. The second kappa shape index (κ2) is 5.83. The molecule has 0 bridgehead atoms. The maximum absolute atomic E-state index is 10.5. The maximum atomic E-state index is 10.5. The second-order valence-electron chi connectivity index (χ2n) is 7.56. The van der Waals surface area contributed by atoms with Crippen molar-refractivity contribution < 1.29 is 14.6 Å². The van der Waals surface area contributed by atoms with E-state index in [1.807, 2.05) is 19.9 Å². The number of benzene rings is 4. The van der Waals surface area contributed by atoms with E-state index in [1.54, 1.807) is 0 Å². The van der Waals surface area contributed by atoms with Crippen LogP contribution in [0.15, 0.2) is 54.6 Å². The van der Waals surface area contributed by atoms with Gasteiger partial charge in [0, 0.05) is 10.8 Å². The average Bonchev–Trinajstić information content (AvgIpc) is 2.65. The van der Waals surface area contributed by atoms with Crippen molar-refractivity contribution in [1.82, 2.24) is 0 Å². The molecule has 3 heteroatoms. The molecule has 1 N–H and O–H groups in total. The first-order valence-corrected chi connectivity index (χ1v) is 9.28. The molecule has 1 fully saturated rings. The first-order valence-electron chi connectivity index (χ1n) is 9.28. The summed E-state index contributed by atoms with van der Waals surface area (Å²) in [6.45, 7) is 4.08. The highest BCUT2D eigenvalue weighted by molar-refractivity contribution is 6.24. The highest BCUT2D eigenvalue weighted by atomic mass is 16.7. The molecule has 0 radical (unpaired) electrons. The van der Waals surface area contributed by atoms with Crippen molar-refractivity contribution in [3.05, 3.63) is 54.6 Å². The molecule has 0 spiro atoms. The molecule has 0 aliphatic carbocycles. The Balaban J connectivity index is 1.66. The van der Waals surface area contributed by atoms with Crippen molar-refractivity contribution in [3.8, 4) is 5.75 Å². The van der Waals surface area contributed by atoms with Gasteiger partial charge in [-0.1, -0.05) is 49.4 Å². The zero-order chi connectivity index (χ0) is 17.8. The zero-order valence-corrected chi connectivity index (χ0v) is 15.0. The fourth-order valence-electron chi connectivity index (χ4n) is 4.33. The lowest BCUT2D eigenvalue weighted by Crippen LogP contribution is -2.46. The van der Waals surface area contributed by atoms with Crippen LogP contribution in [-0.4, -0.2) is 23.6 Å². The smallest absolute Gasteiger partial charge is 0.226 e. The topological polar surface area (TPSA) is 38.7 Å². The fourth-order valence-corrected chi connectivity index (χ4v) is 4.33. The second-order valence-corrected chi connectivity index (χ2v) is 7.56. The van der Waals surface area contributed by atoms with E-state index in [9.17, 15) is 5.11 Å². The highest BCUT2D eigenvalue weighted by Gasteiger charge is 2.35. The summed E-state index contributed by atoms with van der Waals surface area (Å²) in [7, 11) is 0. The summed E-state index contributed by atoms with van der Waals surface area (Å²) in [6.07, 6.45) is -0.324. The molecule has 26 heavy (non-hydrogen) atoms. The Labute approximate surface area is 152 Å². The van der Waals surface area contributed by atoms with Crippen molar-refractivity contribution in [2.75, 3.05) is 0 Å². The van der Waals surface area contributed by atoms with Gasteiger partial charge in [0.25, 0.3) is 0 Å². The van der Waals surface area contributed by atoms with E-state index in [-0.39, 0.29) is 12.0 Å². The van der Waals surface area contributed by atoms with Crippen LogP contribution in [0.3, 0.4) is 0 Å². The Morgan fingerprint density at radius 1 is 0.885 bits per heavy atom. The monoisotopic (exact) mass is 346 g/mol. The normalized spacial score (nSPS) is 26.7. The van der Waals surface area contributed by atoms with Crippen LogP contribution >= 0.6 is 0 Å². The number of aliphatic hydroxyl groups is 1. The summed E-state index contributed by atoms with van der Waals surface area (Å²) >= 11 is 0. The van der Waals surface area contributed by atoms with Crippen LogP contribution in [0.2, 0.25) is 0 Å². The average molecular weight is 346 g/mol. The third-order valence-electron chi connectivity index (χ3n) is 5.66. The molecule has 1 heterocycles. The minimum Gasteiger partial charge on any atom is -0.461 e. The minimum atomic E-state index is -0.632. The number of aliphatic hydroxyl groups excluding tert-OH is 1. The summed E-state index contributed by atoms with van der Waals surface area (Å²) in [5.74, 6) is 0.921. The van der Waals surface area contributed by atoms with Gasteiger partial charge in [-0.3, -0.25) is 0 Å². The molecule has 4 atom stereocenters. The summed E-state index contributed by atoms with van der Waals surface area (Å²) in [5, 5.41) is 17.7. The summed E-state index contributed by atoms with van der Waals surface area (Å²) < 4.78 is 12.1. The lowest BCUT2D eigenvalue weighted by Gasteiger charge is -2.36. The van der Waals surface area contributed by atoms with Gasteiger partial charge in [0.05, 0.1) is 6.10 Å². The number of hydrogen-bond acceptors (Lipinski definition) is 3. The van der Waals surface area contributed by atoms with Gasteiger partial charge in [0.15, 0.2) is 0 Å². The quantitative estimate of drug-likeness (QED) is 0.514. The van der Waals surface area contributed by atoms with E-state index in [2.05, 4.69) is 48.5 Å². The zero-order valence-electron chi connectivity index (χ0n) is 15.0. The van der Waals surface area contributed by atoms with Crippen molar-refractivity contribution in [2.24, 2.45) is 5.92 Å². The van der Waals surface area contributed by atoms with E-state index in [4.69, 9.17) is 9.47 Å². The van der Waals surface area contributed by atoms with Gasteiger partial charge in [0.1, 0.15) is 11.9 Å². The third-order valence-corrected chi connectivity index (χ3v) is 5.66. The van der Waals surface area contributed by atoms with Gasteiger partial charge in [-0.05, 0) is 52.9 Å². The van der Waals surface area contributed by atoms with E-state index in [1.165, 1.54) is 26.9 Å². The van der Waals surface area contributed by atoms with Gasteiger partial charge in [-0.25, -0.2) is 0 Å². The Morgan fingerprint density at radius 3 is 2.31 bits per heavy atom. The Kier molecular flexibility index (Phi) is 3.56. The standard InChI is InChI=1S/C23H22O3/c1-13-12-14(2)25-23(22(13)24)26-19-11-9-17-7-6-15-4-3-5-16-8-10-18(19)21(17)20(15)16/h3-11,13-14,22-24H,12H2,1-2H3/t13?,14?,22-,23+/m1/s1. The van der Waals surface area contributed by atoms with Crippen molar-refractivity contribution in [1.29, 1.82) is 0 Å². The van der Waals surface area contributed by atoms with Crippen LogP contribution in [0.25, 0.3) is 32.3 Å². The van der Waals surface area contributed by atoms with Gasteiger partial charge < -0.3 is 14.6 Å². The summed E-state index contributed by atoms with van der Waals surface area (Å²) in [6, 6.07) is 19.0. The van der Waals surface area contributed by atoms with Crippen LogP contribution in [-0.2, 0) is 4.74 Å². The van der Waals surface area contributed by atoms with Gasteiger partial charge in [-0.2, -0.15) is 0 Å². The molecule has 1 aliphatic rings. The van der Waals surface area contributed by atoms with Gasteiger partial charge in [0.2, 0.25) is 6.29 Å². The molecule has 1 saturated heterocycles. The Bertz CT molecular complexity index is 1070.